The number of nitrogens with one attached hydrogen (secondary N) is 1. The third-order valence-corrected chi connectivity index (χ3v) is 3.88. The standard InChI is InChI=1S/C15H19ClN2O2/c1-3-4-13-15(20)17-8-14(19)18(13)9-11-6-5-10(2)7-12(11)16/h5-7,13H,3-4,8-9H2,1-2H3,(H,17,20). The third kappa shape index (κ3) is 3.12. The van der Waals surface area contributed by atoms with Gasteiger partial charge < -0.3 is 10.2 Å². The molecule has 1 aromatic rings. The molecular weight excluding hydrogens is 276 g/mol. The van der Waals surface area contributed by atoms with Crippen molar-refractivity contribution in [1.82, 2.24) is 10.2 Å². The fourth-order valence-corrected chi connectivity index (χ4v) is 2.72. The first-order valence-electron chi connectivity index (χ1n) is 6.85. The molecule has 1 unspecified atom stereocenters. The van der Waals surface area contributed by atoms with Crippen molar-refractivity contribution >= 4 is 23.4 Å². The fraction of sp³-hybridized carbons (Fsp3) is 0.467. The number of piperazine rings is 1. The Labute approximate surface area is 124 Å². The summed E-state index contributed by atoms with van der Waals surface area (Å²) in [4.78, 5) is 25.6. The van der Waals surface area contributed by atoms with Crippen LogP contribution in [0.15, 0.2) is 18.2 Å². The molecule has 1 N–H and O–H groups in total. The van der Waals surface area contributed by atoms with Crippen molar-refractivity contribution in [1.29, 1.82) is 0 Å². The summed E-state index contributed by atoms with van der Waals surface area (Å²) in [7, 11) is 0. The number of carbonyl (C=O) groups excluding carboxylic acids is 2. The maximum absolute atomic E-state index is 12.1. The van der Waals surface area contributed by atoms with E-state index in [1.54, 1.807) is 4.90 Å². The average molecular weight is 295 g/mol. The van der Waals surface area contributed by atoms with E-state index >= 15 is 0 Å². The molecule has 1 heterocycles. The lowest BCUT2D eigenvalue weighted by Crippen LogP contribution is -2.57. The van der Waals surface area contributed by atoms with Crippen LogP contribution in [-0.4, -0.2) is 29.3 Å². The maximum Gasteiger partial charge on any atom is 0.243 e. The van der Waals surface area contributed by atoms with Gasteiger partial charge in [-0.15, -0.1) is 0 Å². The largest absolute Gasteiger partial charge is 0.345 e. The van der Waals surface area contributed by atoms with E-state index in [9.17, 15) is 9.59 Å². The average Bonchev–Trinajstić information content (AvgIpc) is 2.40. The topological polar surface area (TPSA) is 49.4 Å². The second kappa shape index (κ2) is 6.27. The molecule has 1 atom stereocenters. The zero-order valence-electron chi connectivity index (χ0n) is 11.8. The molecule has 108 valence electrons. The van der Waals surface area contributed by atoms with Gasteiger partial charge >= 0.3 is 0 Å². The first-order valence-corrected chi connectivity index (χ1v) is 7.23. The monoisotopic (exact) mass is 294 g/mol. The number of carbonyl (C=O) groups is 2. The van der Waals surface area contributed by atoms with E-state index in [-0.39, 0.29) is 18.4 Å². The van der Waals surface area contributed by atoms with Crippen molar-refractivity contribution in [3.63, 3.8) is 0 Å². The minimum absolute atomic E-state index is 0.0558. The molecule has 20 heavy (non-hydrogen) atoms. The minimum atomic E-state index is -0.390. The van der Waals surface area contributed by atoms with E-state index < -0.39 is 6.04 Å². The first-order chi connectivity index (χ1) is 9.52. The van der Waals surface area contributed by atoms with Gasteiger partial charge in [-0.2, -0.15) is 0 Å². The lowest BCUT2D eigenvalue weighted by atomic mass is 10.0. The second-order valence-corrected chi connectivity index (χ2v) is 5.55. The Kier molecular flexibility index (Phi) is 4.65. The van der Waals surface area contributed by atoms with Gasteiger partial charge in [-0.1, -0.05) is 37.1 Å². The number of hydrogen-bond acceptors (Lipinski definition) is 2. The summed E-state index contributed by atoms with van der Waals surface area (Å²) in [6.45, 7) is 4.43. The summed E-state index contributed by atoms with van der Waals surface area (Å²) in [5, 5.41) is 3.28. The quantitative estimate of drug-likeness (QED) is 0.926. The molecule has 0 aliphatic carbocycles. The molecular formula is C15H19ClN2O2. The lowest BCUT2D eigenvalue weighted by molar-refractivity contribution is -0.146. The molecule has 1 aliphatic heterocycles. The molecule has 0 bridgehead atoms. The normalized spacial score (nSPS) is 19.1. The molecule has 1 saturated heterocycles. The van der Waals surface area contributed by atoms with Crippen molar-refractivity contribution in [2.45, 2.75) is 39.3 Å². The number of hydrogen-bond donors (Lipinski definition) is 1. The van der Waals surface area contributed by atoms with Gasteiger partial charge in [0.1, 0.15) is 6.04 Å². The van der Waals surface area contributed by atoms with E-state index in [1.165, 1.54) is 0 Å². The first kappa shape index (κ1) is 14.9. The number of nitrogens with zero attached hydrogens (tertiary/aromatic N) is 1. The summed E-state index contributed by atoms with van der Waals surface area (Å²) in [5.41, 5.74) is 1.95. The van der Waals surface area contributed by atoms with E-state index in [0.29, 0.717) is 18.0 Å². The number of rotatable bonds is 4. The zero-order chi connectivity index (χ0) is 14.7. The molecule has 0 radical (unpaired) electrons. The highest BCUT2D eigenvalue weighted by Gasteiger charge is 2.33. The molecule has 1 aliphatic rings. The second-order valence-electron chi connectivity index (χ2n) is 5.14. The number of aryl methyl sites for hydroxylation is 1. The van der Waals surface area contributed by atoms with Gasteiger partial charge in [-0.05, 0) is 30.5 Å². The molecule has 1 fully saturated rings. The Balaban J connectivity index is 2.23. The Bertz CT molecular complexity index is 531. The summed E-state index contributed by atoms with van der Waals surface area (Å²) < 4.78 is 0. The SMILES string of the molecule is CCCC1C(=O)NCC(=O)N1Cc1ccc(C)cc1Cl. The Morgan fingerprint density at radius 2 is 2.15 bits per heavy atom. The van der Waals surface area contributed by atoms with Crippen LogP contribution in [0.2, 0.25) is 5.02 Å². The van der Waals surface area contributed by atoms with Crippen molar-refractivity contribution in [3.8, 4) is 0 Å². The van der Waals surface area contributed by atoms with E-state index in [0.717, 1.165) is 17.5 Å². The zero-order valence-corrected chi connectivity index (χ0v) is 12.5. The predicted molar refractivity (Wildman–Crippen MR) is 78.4 cm³/mol. The van der Waals surface area contributed by atoms with Crippen LogP contribution in [0.3, 0.4) is 0 Å². The summed E-state index contributed by atoms with van der Waals surface area (Å²) in [6.07, 6.45) is 1.52. The Morgan fingerprint density at radius 1 is 1.40 bits per heavy atom. The van der Waals surface area contributed by atoms with E-state index in [4.69, 9.17) is 11.6 Å². The minimum Gasteiger partial charge on any atom is -0.345 e. The van der Waals surface area contributed by atoms with Crippen LogP contribution in [0.1, 0.15) is 30.9 Å². The Hall–Kier alpha value is -1.55. The van der Waals surface area contributed by atoms with Crippen LogP contribution in [0.5, 0.6) is 0 Å². The van der Waals surface area contributed by atoms with Crippen molar-refractivity contribution in [3.05, 3.63) is 34.3 Å². The van der Waals surface area contributed by atoms with Crippen LogP contribution in [0.25, 0.3) is 0 Å². The molecule has 5 heteroatoms. The van der Waals surface area contributed by atoms with Gasteiger partial charge in [-0.25, -0.2) is 0 Å². The molecule has 1 aromatic carbocycles. The van der Waals surface area contributed by atoms with E-state index in [2.05, 4.69) is 5.32 Å². The molecule has 4 nitrogen and oxygen atoms in total. The number of halogens is 1. The highest BCUT2D eigenvalue weighted by Crippen LogP contribution is 2.22. The summed E-state index contributed by atoms with van der Waals surface area (Å²) >= 11 is 6.22. The van der Waals surface area contributed by atoms with Crippen LogP contribution in [-0.2, 0) is 16.1 Å². The molecule has 0 saturated carbocycles. The predicted octanol–water partition coefficient (Wildman–Crippen LogP) is 2.28. The van der Waals surface area contributed by atoms with Gasteiger partial charge in [0, 0.05) is 11.6 Å². The summed E-state index contributed by atoms with van der Waals surface area (Å²) in [6, 6.07) is 5.36. The lowest BCUT2D eigenvalue weighted by Gasteiger charge is -2.35. The van der Waals surface area contributed by atoms with Gasteiger partial charge in [-0.3, -0.25) is 9.59 Å². The van der Waals surface area contributed by atoms with Crippen LogP contribution >= 0.6 is 11.6 Å². The summed E-state index contributed by atoms with van der Waals surface area (Å²) in [5.74, 6) is -0.130. The molecule has 0 aromatic heterocycles. The van der Waals surface area contributed by atoms with Crippen LogP contribution in [0.4, 0.5) is 0 Å². The third-order valence-electron chi connectivity index (χ3n) is 3.52. The van der Waals surface area contributed by atoms with Crippen molar-refractivity contribution in [2.24, 2.45) is 0 Å². The highest BCUT2D eigenvalue weighted by molar-refractivity contribution is 6.31. The van der Waals surface area contributed by atoms with Gasteiger partial charge in [0.15, 0.2) is 0 Å². The van der Waals surface area contributed by atoms with E-state index in [1.807, 2.05) is 32.0 Å². The number of amides is 2. The van der Waals surface area contributed by atoms with Crippen LogP contribution in [0, 0.1) is 6.92 Å². The Morgan fingerprint density at radius 3 is 2.80 bits per heavy atom. The molecule has 2 rings (SSSR count). The highest BCUT2D eigenvalue weighted by atomic mass is 35.5. The smallest absolute Gasteiger partial charge is 0.243 e. The fourth-order valence-electron chi connectivity index (χ4n) is 2.42. The maximum atomic E-state index is 12.1. The molecule has 0 spiro atoms. The number of benzene rings is 1. The van der Waals surface area contributed by atoms with Gasteiger partial charge in [0.2, 0.25) is 11.8 Å². The van der Waals surface area contributed by atoms with Gasteiger partial charge in [0.05, 0.1) is 6.54 Å². The van der Waals surface area contributed by atoms with Crippen LogP contribution < -0.4 is 5.32 Å². The van der Waals surface area contributed by atoms with Crippen molar-refractivity contribution in [2.75, 3.05) is 6.54 Å². The molecule has 2 amide bonds. The van der Waals surface area contributed by atoms with Gasteiger partial charge in [0.25, 0.3) is 0 Å². The van der Waals surface area contributed by atoms with Crippen molar-refractivity contribution < 1.29 is 9.59 Å².